The fraction of sp³-hybridized carbons (Fsp3) is 0.636. The third kappa shape index (κ3) is 6.34. The smallest absolute Gasteiger partial charge is 0.191 e. The van der Waals surface area contributed by atoms with E-state index in [1.165, 1.54) is 5.56 Å². The van der Waals surface area contributed by atoms with Crippen LogP contribution in [0.3, 0.4) is 0 Å². The molecule has 3 atom stereocenters. The van der Waals surface area contributed by atoms with Crippen LogP contribution >= 0.6 is 0 Å². The number of ether oxygens (including phenoxy) is 2. The summed E-state index contributed by atoms with van der Waals surface area (Å²) in [5, 5.41) is 0.249. The second kappa shape index (κ2) is 9.31. The molecule has 0 saturated heterocycles. The first-order valence-corrected chi connectivity index (χ1v) is 12.7. The van der Waals surface area contributed by atoms with E-state index in [4.69, 9.17) is 13.9 Å². The van der Waals surface area contributed by atoms with Crippen molar-refractivity contribution in [3.63, 3.8) is 0 Å². The van der Waals surface area contributed by atoms with Crippen molar-refractivity contribution in [1.82, 2.24) is 0 Å². The van der Waals surface area contributed by atoms with E-state index in [0.29, 0.717) is 19.1 Å². The first-order valence-electron chi connectivity index (χ1n) is 9.78. The first-order chi connectivity index (χ1) is 12.2. The van der Waals surface area contributed by atoms with Gasteiger partial charge >= 0.3 is 0 Å². The zero-order chi connectivity index (χ0) is 19.2. The third-order valence-electron chi connectivity index (χ3n) is 5.63. The van der Waals surface area contributed by atoms with Gasteiger partial charge in [-0.25, -0.2) is 0 Å². The van der Waals surface area contributed by atoms with Crippen LogP contribution in [0.5, 0.6) is 0 Å². The highest BCUT2D eigenvalue weighted by molar-refractivity contribution is 6.74. The van der Waals surface area contributed by atoms with Crippen molar-refractivity contribution < 1.29 is 13.9 Å². The minimum absolute atomic E-state index is 0.113. The molecule has 0 saturated carbocycles. The lowest BCUT2D eigenvalue weighted by molar-refractivity contribution is -0.0729. The second-order valence-electron chi connectivity index (χ2n) is 8.86. The molecule has 1 aliphatic rings. The summed E-state index contributed by atoms with van der Waals surface area (Å²) in [6, 6.07) is 10.3. The Morgan fingerprint density at radius 1 is 1.08 bits per heavy atom. The van der Waals surface area contributed by atoms with E-state index in [2.05, 4.69) is 65.1 Å². The van der Waals surface area contributed by atoms with Gasteiger partial charge in [-0.15, -0.1) is 0 Å². The molecule has 0 fully saturated rings. The van der Waals surface area contributed by atoms with Gasteiger partial charge in [0.1, 0.15) is 0 Å². The zero-order valence-electron chi connectivity index (χ0n) is 17.3. The third-order valence-corrected chi connectivity index (χ3v) is 10.2. The topological polar surface area (TPSA) is 27.7 Å². The Kier molecular flexibility index (Phi) is 7.65. The number of benzene rings is 1. The van der Waals surface area contributed by atoms with E-state index in [9.17, 15) is 0 Å². The highest BCUT2D eigenvalue weighted by Crippen LogP contribution is 2.36. The molecule has 1 aliphatic heterocycles. The Morgan fingerprint density at radius 2 is 1.77 bits per heavy atom. The van der Waals surface area contributed by atoms with Crippen LogP contribution in [0, 0.1) is 5.92 Å². The van der Waals surface area contributed by atoms with Crippen LogP contribution in [0.15, 0.2) is 42.5 Å². The summed E-state index contributed by atoms with van der Waals surface area (Å²) in [6.07, 6.45) is 5.60. The molecule has 1 heterocycles. The van der Waals surface area contributed by atoms with E-state index in [1.54, 1.807) is 0 Å². The first kappa shape index (κ1) is 21.4. The average molecular weight is 377 g/mol. The SMILES string of the molecule is C[C@@H]1C=C[C@H](CCO[Si](C)(C)C(C)(C)C)O[C@@H]1COCc1ccccc1. The summed E-state index contributed by atoms with van der Waals surface area (Å²) < 4.78 is 18.5. The van der Waals surface area contributed by atoms with Gasteiger partial charge in [0.15, 0.2) is 8.32 Å². The van der Waals surface area contributed by atoms with Crippen molar-refractivity contribution in [3.8, 4) is 0 Å². The lowest BCUT2D eigenvalue weighted by Gasteiger charge is -2.37. The Labute approximate surface area is 160 Å². The zero-order valence-corrected chi connectivity index (χ0v) is 18.3. The van der Waals surface area contributed by atoms with Crippen LogP contribution in [0.1, 0.15) is 39.7 Å². The summed E-state index contributed by atoms with van der Waals surface area (Å²) in [5.74, 6) is 0.378. The molecular weight excluding hydrogens is 340 g/mol. The molecule has 0 aliphatic carbocycles. The lowest BCUT2D eigenvalue weighted by Crippen LogP contribution is -2.41. The summed E-state index contributed by atoms with van der Waals surface area (Å²) in [5.41, 5.74) is 1.20. The molecule has 0 N–H and O–H groups in total. The van der Waals surface area contributed by atoms with Crippen molar-refractivity contribution in [1.29, 1.82) is 0 Å². The van der Waals surface area contributed by atoms with Crippen LogP contribution in [-0.2, 0) is 20.5 Å². The maximum absolute atomic E-state index is 6.29. The van der Waals surface area contributed by atoms with Gasteiger partial charge in [0.05, 0.1) is 25.4 Å². The van der Waals surface area contributed by atoms with Crippen molar-refractivity contribution in [2.75, 3.05) is 13.2 Å². The van der Waals surface area contributed by atoms with E-state index < -0.39 is 8.32 Å². The molecule has 4 heteroatoms. The highest BCUT2D eigenvalue weighted by Gasteiger charge is 2.37. The molecule has 0 amide bonds. The van der Waals surface area contributed by atoms with Crippen LogP contribution in [0.2, 0.25) is 18.1 Å². The van der Waals surface area contributed by atoms with Crippen LogP contribution in [0.4, 0.5) is 0 Å². The summed E-state index contributed by atoms with van der Waals surface area (Å²) in [4.78, 5) is 0. The fourth-order valence-corrected chi connectivity index (χ4v) is 3.75. The molecule has 3 nitrogen and oxygen atoms in total. The Balaban J connectivity index is 1.75. The van der Waals surface area contributed by atoms with Gasteiger partial charge in [0.25, 0.3) is 0 Å². The molecule has 0 radical (unpaired) electrons. The summed E-state index contributed by atoms with van der Waals surface area (Å²) >= 11 is 0. The molecule has 0 bridgehead atoms. The molecule has 1 aromatic carbocycles. The normalized spacial score (nSPS) is 24.0. The van der Waals surface area contributed by atoms with Crippen molar-refractivity contribution in [3.05, 3.63) is 48.0 Å². The van der Waals surface area contributed by atoms with E-state index in [-0.39, 0.29) is 17.2 Å². The van der Waals surface area contributed by atoms with Crippen molar-refractivity contribution in [2.24, 2.45) is 5.92 Å². The molecule has 2 rings (SSSR count). The van der Waals surface area contributed by atoms with E-state index in [0.717, 1.165) is 13.0 Å². The largest absolute Gasteiger partial charge is 0.417 e. The quantitative estimate of drug-likeness (QED) is 0.438. The standard InChI is InChI=1S/C22H36O3Si/c1-18-12-13-20(14-15-24-26(5,6)22(2,3)4)25-21(18)17-23-16-19-10-8-7-9-11-19/h7-13,18,20-21H,14-17H2,1-6H3/t18-,20-,21-/m1/s1. The van der Waals surface area contributed by atoms with Crippen molar-refractivity contribution >= 4 is 8.32 Å². The highest BCUT2D eigenvalue weighted by atomic mass is 28.4. The van der Waals surface area contributed by atoms with Gasteiger partial charge in [-0.1, -0.05) is 70.2 Å². The monoisotopic (exact) mass is 376 g/mol. The second-order valence-corrected chi connectivity index (χ2v) is 13.7. The average Bonchev–Trinajstić information content (AvgIpc) is 2.57. The van der Waals surface area contributed by atoms with Gasteiger partial charge in [-0.05, 0) is 30.1 Å². The Bertz CT molecular complexity index is 563. The molecule has 1 aromatic rings. The maximum Gasteiger partial charge on any atom is 0.191 e. The van der Waals surface area contributed by atoms with Gasteiger partial charge < -0.3 is 13.9 Å². The lowest BCUT2D eigenvalue weighted by atomic mass is 10.00. The molecular formula is C22H36O3Si. The van der Waals surface area contributed by atoms with E-state index >= 15 is 0 Å². The predicted molar refractivity (Wildman–Crippen MR) is 111 cm³/mol. The number of hydrogen-bond donors (Lipinski definition) is 0. The van der Waals surface area contributed by atoms with E-state index in [1.807, 2.05) is 18.2 Å². The summed E-state index contributed by atoms with van der Waals surface area (Å²) in [6.45, 7) is 15.6. The number of rotatable bonds is 8. The Morgan fingerprint density at radius 3 is 2.42 bits per heavy atom. The minimum atomic E-state index is -1.68. The summed E-state index contributed by atoms with van der Waals surface area (Å²) in [7, 11) is -1.68. The molecule has 146 valence electrons. The van der Waals surface area contributed by atoms with Gasteiger partial charge in [-0.3, -0.25) is 0 Å². The molecule has 0 aromatic heterocycles. The maximum atomic E-state index is 6.29. The van der Waals surface area contributed by atoms with Gasteiger partial charge in [0, 0.05) is 12.5 Å². The van der Waals surface area contributed by atoms with Gasteiger partial charge in [-0.2, -0.15) is 0 Å². The van der Waals surface area contributed by atoms with Crippen LogP contribution in [-0.4, -0.2) is 33.7 Å². The van der Waals surface area contributed by atoms with Crippen molar-refractivity contribution in [2.45, 2.75) is 71.1 Å². The molecule has 0 unspecified atom stereocenters. The minimum Gasteiger partial charge on any atom is -0.417 e. The van der Waals surface area contributed by atoms with Crippen LogP contribution < -0.4 is 0 Å². The molecule has 0 spiro atoms. The van der Waals surface area contributed by atoms with Gasteiger partial charge in [0.2, 0.25) is 0 Å². The number of hydrogen-bond acceptors (Lipinski definition) is 3. The Hall–Kier alpha value is -0.943. The molecule has 26 heavy (non-hydrogen) atoms. The fourth-order valence-electron chi connectivity index (χ4n) is 2.69. The van der Waals surface area contributed by atoms with Crippen LogP contribution in [0.25, 0.3) is 0 Å². The predicted octanol–water partition coefficient (Wildman–Crippen LogP) is 5.57.